The van der Waals surface area contributed by atoms with Gasteiger partial charge in [0.05, 0.1) is 6.61 Å². The molecule has 31 heavy (non-hydrogen) atoms. The van der Waals surface area contributed by atoms with Crippen molar-refractivity contribution in [1.29, 1.82) is 0 Å². The van der Waals surface area contributed by atoms with Crippen LogP contribution in [0.3, 0.4) is 0 Å². The van der Waals surface area contributed by atoms with Crippen molar-refractivity contribution in [3.05, 3.63) is 71.0 Å². The minimum absolute atomic E-state index is 0.0226. The van der Waals surface area contributed by atoms with E-state index in [-0.39, 0.29) is 22.6 Å². The van der Waals surface area contributed by atoms with Crippen LogP contribution in [0.1, 0.15) is 47.6 Å². The van der Waals surface area contributed by atoms with E-state index in [9.17, 15) is 14.0 Å². The fourth-order valence-electron chi connectivity index (χ4n) is 3.50. The van der Waals surface area contributed by atoms with Crippen molar-refractivity contribution in [2.75, 3.05) is 26.0 Å². The number of nitrogens with zero attached hydrogens (tertiary/aromatic N) is 1. The van der Waals surface area contributed by atoms with Crippen molar-refractivity contribution in [1.82, 2.24) is 10.2 Å². The molecule has 0 aromatic heterocycles. The average molecular weight is 445 g/mol. The largest absolute Gasteiger partial charge is 0.383 e. The number of thioether (sulfide) groups is 1. The Morgan fingerprint density at radius 3 is 2.35 bits per heavy atom. The molecule has 5 nitrogen and oxygen atoms in total. The topological polar surface area (TPSA) is 58.6 Å². The molecule has 1 aliphatic rings. The van der Waals surface area contributed by atoms with Gasteiger partial charge in [0.2, 0.25) is 5.91 Å². The van der Waals surface area contributed by atoms with Gasteiger partial charge in [-0.05, 0) is 40.8 Å². The second-order valence-electron chi connectivity index (χ2n) is 8.58. The minimum atomic E-state index is -0.619. The molecule has 2 aromatic rings. The Bertz CT molecular complexity index is 910. The van der Waals surface area contributed by atoms with Crippen LogP contribution in [0.25, 0.3) is 0 Å². The maximum Gasteiger partial charge on any atom is 0.255 e. The molecular formula is C24H29FN2O3S. The highest BCUT2D eigenvalue weighted by Crippen LogP contribution is 2.42. The molecule has 1 aliphatic heterocycles. The lowest BCUT2D eigenvalue weighted by Crippen LogP contribution is -2.48. The van der Waals surface area contributed by atoms with Gasteiger partial charge in [-0.2, -0.15) is 0 Å². The molecule has 1 saturated heterocycles. The first-order chi connectivity index (χ1) is 14.7. The van der Waals surface area contributed by atoms with E-state index >= 15 is 0 Å². The first kappa shape index (κ1) is 23.3. The number of carbonyl (C=O) groups is 2. The third-order valence-corrected chi connectivity index (χ3v) is 6.62. The molecule has 2 amide bonds. The number of hydrogen-bond acceptors (Lipinski definition) is 4. The minimum Gasteiger partial charge on any atom is -0.383 e. The maximum absolute atomic E-state index is 13.4. The summed E-state index contributed by atoms with van der Waals surface area (Å²) < 4.78 is 18.4. The molecule has 2 aromatic carbocycles. The van der Waals surface area contributed by atoms with Gasteiger partial charge >= 0.3 is 0 Å². The van der Waals surface area contributed by atoms with Crippen LogP contribution in [0.15, 0.2) is 48.5 Å². The van der Waals surface area contributed by atoms with E-state index in [4.69, 9.17) is 4.74 Å². The Balaban J connectivity index is 1.91. The Kier molecular flexibility index (Phi) is 7.38. The van der Waals surface area contributed by atoms with E-state index in [1.54, 1.807) is 23.8 Å². The van der Waals surface area contributed by atoms with Crippen LogP contribution in [0.4, 0.5) is 4.39 Å². The molecule has 2 atom stereocenters. The fourth-order valence-corrected chi connectivity index (χ4v) is 4.93. The summed E-state index contributed by atoms with van der Waals surface area (Å²) in [4.78, 5) is 27.9. The second-order valence-corrected chi connectivity index (χ2v) is 9.69. The molecule has 166 valence electrons. The van der Waals surface area contributed by atoms with Crippen molar-refractivity contribution < 1.29 is 18.7 Å². The van der Waals surface area contributed by atoms with Crippen molar-refractivity contribution in [2.24, 2.45) is 0 Å². The lowest BCUT2D eigenvalue weighted by Gasteiger charge is -2.29. The average Bonchev–Trinajstić information content (AvgIpc) is 3.18. The fraction of sp³-hybridized carbons (Fsp3) is 0.417. The second kappa shape index (κ2) is 9.83. The number of methoxy groups -OCH3 is 1. The van der Waals surface area contributed by atoms with Gasteiger partial charge in [0.1, 0.15) is 17.2 Å². The Morgan fingerprint density at radius 1 is 1.13 bits per heavy atom. The Labute approximate surface area is 187 Å². The molecule has 7 heteroatoms. The highest BCUT2D eigenvalue weighted by Gasteiger charge is 2.42. The Hall–Kier alpha value is -2.38. The van der Waals surface area contributed by atoms with Gasteiger partial charge in [0.25, 0.3) is 5.91 Å². The molecule has 0 saturated carbocycles. The van der Waals surface area contributed by atoms with Gasteiger partial charge in [-0.3, -0.25) is 9.59 Å². The van der Waals surface area contributed by atoms with Crippen LogP contribution < -0.4 is 5.32 Å². The van der Waals surface area contributed by atoms with Gasteiger partial charge in [0, 0.05) is 25.0 Å². The quantitative estimate of drug-likeness (QED) is 0.681. The van der Waals surface area contributed by atoms with Gasteiger partial charge in [0.15, 0.2) is 0 Å². The predicted octanol–water partition coefficient (Wildman–Crippen LogP) is 4.14. The molecule has 3 rings (SSSR count). The monoisotopic (exact) mass is 444 g/mol. The molecule has 1 N–H and O–H groups in total. The SMILES string of the molecule is COCCNC(=O)C1CSC(c2ccc(C(C)(C)C)cc2)N1C(=O)c1ccc(F)cc1. The highest BCUT2D eigenvalue weighted by atomic mass is 32.2. The maximum atomic E-state index is 13.4. The molecule has 0 aliphatic carbocycles. The van der Waals surface area contributed by atoms with E-state index in [0.717, 1.165) is 5.56 Å². The summed E-state index contributed by atoms with van der Waals surface area (Å²) in [6.45, 7) is 7.22. The summed E-state index contributed by atoms with van der Waals surface area (Å²) in [6, 6.07) is 13.0. The van der Waals surface area contributed by atoms with E-state index in [1.807, 2.05) is 12.1 Å². The molecule has 1 heterocycles. The number of nitrogens with one attached hydrogen (secondary N) is 1. The third kappa shape index (κ3) is 5.46. The van der Waals surface area contributed by atoms with Crippen molar-refractivity contribution in [2.45, 2.75) is 37.6 Å². The summed E-state index contributed by atoms with van der Waals surface area (Å²) in [5.74, 6) is -0.427. The summed E-state index contributed by atoms with van der Waals surface area (Å²) >= 11 is 1.56. The smallest absolute Gasteiger partial charge is 0.255 e. The van der Waals surface area contributed by atoms with Crippen molar-refractivity contribution >= 4 is 23.6 Å². The number of benzene rings is 2. The molecule has 0 spiro atoms. The van der Waals surface area contributed by atoms with E-state index in [1.165, 1.54) is 29.8 Å². The zero-order valence-corrected chi connectivity index (χ0v) is 19.2. The summed E-state index contributed by atoms with van der Waals surface area (Å²) in [7, 11) is 1.57. The third-order valence-electron chi connectivity index (χ3n) is 5.30. The van der Waals surface area contributed by atoms with Crippen LogP contribution >= 0.6 is 11.8 Å². The molecular weight excluding hydrogens is 415 g/mol. The first-order valence-corrected chi connectivity index (χ1v) is 11.3. The van der Waals surface area contributed by atoms with Crippen molar-refractivity contribution in [3.63, 3.8) is 0 Å². The zero-order chi connectivity index (χ0) is 22.6. The number of ether oxygens (including phenoxy) is 1. The van der Waals surface area contributed by atoms with E-state index < -0.39 is 11.9 Å². The zero-order valence-electron chi connectivity index (χ0n) is 18.4. The van der Waals surface area contributed by atoms with Crippen LogP contribution in [-0.2, 0) is 14.9 Å². The Morgan fingerprint density at radius 2 is 1.77 bits per heavy atom. The lowest BCUT2D eigenvalue weighted by atomic mass is 9.86. The predicted molar refractivity (Wildman–Crippen MR) is 122 cm³/mol. The summed E-state index contributed by atoms with van der Waals surface area (Å²) in [6.07, 6.45) is 0. The van der Waals surface area contributed by atoms with Crippen LogP contribution in [-0.4, -0.2) is 48.8 Å². The number of halogens is 1. The first-order valence-electron chi connectivity index (χ1n) is 10.3. The van der Waals surface area contributed by atoms with Crippen LogP contribution in [0.5, 0.6) is 0 Å². The summed E-state index contributed by atoms with van der Waals surface area (Å²) in [5, 5.41) is 2.54. The number of rotatable bonds is 6. The summed E-state index contributed by atoms with van der Waals surface area (Å²) in [5.41, 5.74) is 2.54. The van der Waals surface area contributed by atoms with E-state index in [2.05, 4.69) is 38.2 Å². The van der Waals surface area contributed by atoms with Crippen molar-refractivity contribution in [3.8, 4) is 0 Å². The number of amides is 2. The molecule has 0 radical (unpaired) electrons. The number of carbonyl (C=O) groups excluding carboxylic acids is 2. The lowest BCUT2D eigenvalue weighted by molar-refractivity contribution is -0.125. The highest BCUT2D eigenvalue weighted by molar-refractivity contribution is 7.99. The van der Waals surface area contributed by atoms with Crippen LogP contribution in [0.2, 0.25) is 0 Å². The van der Waals surface area contributed by atoms with Gasteiger partial charge in [-0.1, -0.05) is 45.0 Å². The normalized spacial score (nSPS) is 18.8. The molecule has 1 fully saturated rings. The number of hydrogen-bond donors (Lipinski definition) is 1. The van der Waals surface area contributed by atoms with Crippen LogP contribution in [0, 0.1) is 5.82 Å². The van der Waals surface area contributed by atoms with Gasteiger partial charge < -0.3 is 15.0 Å². The van der Waals surface area contributed by atoms with E-state index in [0.29, 0.717) is 24.5 Å². The standard InChI is InChI=1S/C24H29FN2O3S/c1-24(2,3)18-9-5-17(6-10-18)23-27(22(29)16-7-11-19(25)12-8-16)20(15-31-23)21(28)26-13-14-30-4/h5-12,20,23H,13-15H2,1-4H3,(H,26,28). The van der Waals surface area contributed by atoms with Gasteiger partial charge in [-0.15, -0.1) is 11.8 Å². The molecule has 2 unspecified atom stereocenters. The van der Waals surface area contributed by atoms with Gasteiger partial charge in [-0.25, -0.2) is 4.39 Å². The molecule has 0 bridgehead atoms.